The molecular formula is C15H25NO3. The monoisotopic (exact) mass is 267 g/mol. The van der Waals surface area contributed by atoms with Crippen LogP contribution in [0.4, 0.5) is 0 Å². The van der Waals surface area contributed by atoms with Gasteiger partial charge in [-0.05, 0) is 44.6 Å². The number of ether oxygens (including phenoxy) is 1. The maximum Gasteiger partial charge on any atom is 0.286 e. The van der Waals surface area contributed by atoms with Gasteiger partial charge in [0.15, 0.2) is 5.76 Å². The minimum atomic E-state index is -0.529. The van der Waals surface area contributed by atoms with Gasteiger partial charge in [0.2, 0.25) is 0 Å². The van der Waals surface area contributed by atoms with E-state index in [4.69, 9.17) is 4.74 Å². The number of amides is 1. The Kier molecular flexibility index (Phi) is 4.86. The highest BCUT2D eigenvalue weighted by atomic mass is 16.5. The van der Waals surface area contributed by atoms with E-state index in [9.17, 15) is 9.90 Å². The first-order valence-electron chi connectivity index (χ1n) is 7.42. The van der Waals surface area contributed by atoms with Crippen molar-refractivity contribution in [3.05, 3.63) is 11.8 Å². The molecule has 0 radical (unpaired) electrons. The summed E-state index contributed by atoms with van der Waals surface area (Å²) in [5.74, 6) is 0.600. The zero-order valence-corrected chi connectivity index (χ0v) is 11.8. The van der Waals surface area contributed by atoms with Crippen molar-refractivity contribution in [3.63, 3.8) is 0 Å². The quantitative estimate of drug-likeness (QED) is 0.820. The summed E-state index contributed by atoms with van der Waals surface area (Å²) in [6.45, 7) is 2.54. The lowest BCUT2D eigenvalue weighted by atomic mass is 9.76. The molecule has 2 N–H and O–H groups in total. The Labute approximate surface area is 115 Å². The van der Waals surface area contributed by atoms with Crippen molar-refractivity contribution in [2.75, 3.05) is 13.2 Å². The van der Waals surface area contributed by atoms with Gasteiger partial charge in [0, 0.05) is 0 Å². The molecule has 108 valence electrons. The van der Waals surface area contributed by atoms with Crippen molar-refractivity contribution < 1.29 is 14.6 Å². The average molecular weight is 267 g/mol. The number of nitrogens with one attached hydrogen (secondary N) is 1. The molecule has 1 aliphatic heterocycles. The van der Waals surface area contributed by atoms with Gasteiger partial charge in [-0.3, -0.25) is 4.79 Å². The molecule has 0 saturated heterocycles. The van der Waals surface area contributed by atoms with Gasteiger partial charge >= 0.3 is 0 Å². The summed E-state index contributed by atoms with van der Waals surface area (Å²) in [5, 5.41) is 12.7. The first kappa shape index (κ1) is 14.4. The first-order chi connectivity index (χ1) is 9.15. The second kappa shape index (κ2) is 6.42. The van der Waals surface area contributed by atoms with Gasteiger partial charge in [0.05, 0.1) is 18.8 Å². The fraction of sp³-hybridized carbons (Fsp3) is 0.800. The fourth-order valence-corrected chi connectivity index (χ4v) is 3.05. The molecule has 4 nitrogen and oxygen atoms in total. The third kappa shape index (κ3) is 3.50. The topological polar surface area (TPSA) is 58.6 Å². The van der Waals surface area contributed by atoms with E-state index in [-0.39, 0.29) is 12.5 Å². The van der Waals surface area contributed by atoms with Crippen molar-refractivity contribution in [2.24, 2.45) is 5.92 Å². The lowest BCUT2D eigenvalue weighted by molar-refractivity contribution is -0.124. The van der Waals surface area contributed by atoms with Crippen molar-refractivity contribution >= 4 is 5.91 Å². The van der Waals surface area contributed by atoms with Crippen molar-refractivity contribution in [1.29, 1.82) is 0 Å². The lowest BCUT2D eigenvalue weighted by Crippen LogP contribution is -2.55. The number of allylic oxidation sites excluding steroid dienone is 1. The van der Waals surface area contributed by atoms with E-state index < -0.39 is 5.54 Å². The third-order valence-corrected chi connectivity index (χ3v) is 4.39. The van der Waals surface area contributed by atoms with Gasteiger partial charge in [0.25, 0.3) is 5.91 Å². The molecule has 1 unspecified atom stereocenters. The molecule has 2 rings (SSSR count). The summed E-state index contributed by atoms with van der Waals surface area (Å²) in [5.41, 5.74) is -0.529. The van der Waals surface area contributed by atoms with Crippen LogP contribution in [0.3, 0.4) is 0 Å². The molecule has 0 aromatic rings. The fourth-order valence-electron chi connectivity index (χ4n) is 3.05. The molecule has 19 heavy (non-hydrogen) atoms. The highest BCUT2D eigenvalue weighted by Gasteiger charge is 2.36. The standard InChI is InChI=1S/C15H25NO3/c1-15(11-17,12-7-3-2-4-8-12)16-14(18)13-9-5-6-10-19-13/h9,12,17H,2-8,10-11H2,1H3,(H,16,18). The molecule has 0 aromatic carbocycles. The summed E-state index contributed by atoms with van der Waals surface area (Å²) < 4.78 is 5.38. The van der Waals surface area contributed by atoms with Crippen molar-refractivity contribution in [2.45, 2.75) is 57.4 Å². The molecular weight excluding hydrogens is 242 g/mol. The Balaban J connectivity index is 2.00. The predicted molar refractivity (Wildman–Crippen MR) is 73.5 cm³/mol. The molecule has 1 heterocycles. The maximum absolute atomic E-state index is 12.2. The predicted octanol–water partition coefficient (Wildman–Crippen LogP) is 2.13. The van der Waals surface area contributed by atoms with E-state index >= 15 is 0 Å². The van der Waals surface area contributed by atoms with Gasteiger partial charge in [-0.2, -0.15) is 0 Å². The van der Waals surface area contributed by atoms with E-state index in [1.807, 2.05) is 13.0 Å². The van der Waals surface area contributed by atoms with Crippen LogP contribution in [0.1, 0.15) is 51.9 Å². The van der Waals surface area contributed by atoms with Gasteiger partial charge in [-0.15, -0.1) is 0 Å². The van der Waals surface area contributed by atoms with E-state index in [0.29, 0.717) is 18.3 Å². The van der Waals surface area contributed by atoms with Crippen LogP contribution in [0.5, 0.6) is 0 Å². The van der Waals surface area contributed by atoms with Crippen LogP contribution in [-0.2, 0) is 9.53 Å². The van der Waals surface area contributed by atoms with Crippen LogP contribution in [-0.4, -0.2) is 29.8 Å². The molecule has 2 aliphatic rings. The first-order valence-corrected chi connectivity index (χ1v) is 7.42. The van der Waals surface area contributed by atoms with Gasteiger partial charge in [-0.1, -0.05) is 19.3 Å². The van der Waals surface area contributed by atoms with E-state index in [1.165, 1.54) is 19.3 Å². The number of rotatable bonds is 4. The summed E-state index contributed by atoms with van der Waals surface area (Å²) in [6.07, 6.45) is 9.51. The number of hydrogen-bond acceptors (Lipinski definition) is 3. The van der Waals surface area contributed by atoms with Crippen molar-refractivity contribution in [3.8, 4) is 0 Å². The summed E-state index contributed by atoms with van der Waals surface area (Å²) in [6, 6.07) is 0. The third-order valence-electron chi connectivity index (χ3n) is 4.39. The molecule has 4 heteroatoms. The molecule has 1 amide bonds. The summed E-state index contributed by atoms with van der Waals surface area (Å²) in [4.78, 5) is 12.2. The number of hydrogen-bond donors (Lipinski definition) is 2. The number of aliphatic hydroxyl groups is 1. The largest absolute Gasteiger partial charge is 0.488 e. The molecule has 1 aliphatic carbocycles. The number of carbonyl (C=O) groups excluding carboxylic acids is 1. The zero-order chi connectivity index (χ0) is 13.7. The smallest absolute Gasteiger partial charge is 0.286 e. The van der Waals surface area contributed by atoms with Crippen LogP contribution in [0.15, 0.2) is 11.8 Å². The molecule has 0 aromatic heterocycles. The summed E-state index contributed by atoms with van der Waals surface area (Å²) in [7, 11) is 0. The summed E-state index contributed by atoms with van der Waals surface area (Å²) >= 11 is 0. The minimum absolute atomic E-state index is 0.0172. The SMILES string of the molecule is CC(CO)(NC(=O)C1=CCCCO1)C1CCCCC1. The molecule has 1 fully saturated rings. The lowest BCUT2D eigenvalue weighted by Gasteiger charge is -2.39. The molecule has 1 saturated carbocycles. The molecule has 0 bridgehead atoms. The van der Waals surface area contributed by atoms with Crippen LogP contribution in [0.2, 0.25) is 0 Å². The van der Waals surface area contributed by atoms with Crippen LogP contribution >= 0.6 is 0 Å². The highest BCUT2D eigenvalue weighted by molar-refractivity contribution is 5.92. The van der Waals surface area contributed by atoms with Gasteiger partial charge in [-0.25, -0.2) is 0 Å². The van der Waals surface area contributed by atoms with Gasteiger partial charge < -0.3 is 15.2 Å². The molecule has 0 spiro atoms. The zero-order valence-electron chi connectivity index (χ0n) is 11.8. The second-order valence-corrected chi connectivity index (χ2v) is 5.92. The Morgan fingerprint density at radius 2 is 2.16 bits per heavy atom. The van der Waals surface area contributed by atoms with Crippen molar-refractivity contribution in [1.82, 2.24) is 5.32 Å². The highest BCUT2D eigenvalue weighted by Crippen LogP contribution is 2.32. The maximum atomic E-state index is 12.2. The van der Waals surface area contributed by atoms with Crippen LogP contribution in [0, 0.1) is 5.92 Å². The van der Waals surface area contributed by atoms with E-state index in [1.54, 1.807) is 0 Å². The van der Waals surface area contributed by atoms with Crippen LogP contribution in [0.25, 0.3) is 0 Å². The Morgan fingerprint density at radius 1 is 1.42 bits per heavy atom. The number of carbonyl (C=O) groups is 1. The van der Waals surface area contributed by atoms with Gasteiger partial charge in [0.1, 0.15) is 0 Å². The van der Waals surface area contributed by atoms with E-state index in [2.05, 4.69) is 5.32 Å². The number of aliphatic hydroxyl groups excluding tert-OH is 1. The van der Waals surface area contributed by atoms with E-state index in [0.717, 1.165) is 25.7 Å². The normalized spacial score (nSPS) is 24.0. The average Bonchev–Trinajstić information content (AvgIpc) is 2.49. The minimum Gasteiger partial charge on any atom is -0.488 e. The second-order valence-electron chi connectivity index (χ2n) is 5.92. The molecule has 1 atom stereocenters. The Bertz CT molecular complexity index is 347. The Hall–Kier alpha value is -1.03. The Morgan fingerprint density at radius 3 is 2.74 bits per heavy atom. The van der Waals surface area contributed by atoms with Crippen LogP contribution < -0.4 is 5.32 Å².